The number of benzene rings is 1. The molecule has 0 spiro atoms. The number of halogens is 1. The summed E-state index contributed by atoms with van der Waals surface area (Å²) in [5, 5.41) is 0. The van der Waals surface area contributed by atoms with Gasteiger partial charge in [0.25, 0.3) is 0 Å². The molecular formula is C15H20BFO2. The molecule has 2 nitrogen and oxygen atoms in total. The second-order valence-electron chi connectivity index (χ2n) is 6.58. The summed E-state index contributed by atoms with van der Waals surface area (Å²) in [7, 11) is -0.394. The smallest absolute Gasteiger partial charge is 0.399 e. The van der Waals surface area contributed by atoms with Crippen LogP contribution in [0.15, 0.2) is 24.3 Å². The number of alkyl halides is 1. The van der Waals surface area contributed by atoms with E-state index in [2.05, 4.69) is 0 Å². The maximum atomic E-state index is 13.4. The summed E-state index contributed by atoms with van der Waals surface area (Å²) in [5.74, 6) is 0.0234. The van der Waals surface area contributed by atoms with E-state index in [9.17, 15) is 4.39 Å². The third-order valence-corrected chi connectivity index (χ3v) is 4.62. The minimum atomic E-state index is -0.705. The Hall–Kier alpha value is -0.865. The van der Waals surface area contributed by atoms with E-state index in [1.807, 2.05) is 52.0 Å². The zero-order chi connectivity index (χ0) is 13.8. The highest BCUT2D eigenvalue weighted by atomic mass is 19.1. The predicted molar refractivity (Wildman–Crippen MR) is 74.4 cm³/mol. The van der Waals surface area contributed by atoms with Gasteiger partial charge in [0.1, 0.15) is 6.17 Å². The van der Waals surface area contributed by atoms with Gasteiger partial charge in [-0.2, -0.15) is 0 Å². The minimum absolute atomic E-state index is 0.0234. The second-order valence-corrected chi connectivity index (χ2v) is 6.58. The summed E-state index contributed by atoms with van der Waals surface area (Å²) in [4.78, 5) is 0. The molecule has 0 radical (unpaired) electrons. The number of rotatable bonds is 2. The van der Waals surface area contributed by atoms with Gasteiger partial charge in [-0.3, -0.25) is 0 Å². The van der Waals surface area contributed by atoms with Gasteiger partial charge in [-0.1, -0.05) is 24.3 Å². The molecule has 1 saturated heterocycles. The molecule has 1 heterocycles. The molecule has 1 unspecified atom stereocenters. The Balaban J connectivity index is 1.92. The number of hydrogen-bond acceptors (Lipinski definition) is 2. The predicted octanol–water partition coefficient (Wildman–Crippen LogP) is 2.81. The van der Waals surface area contributed by atoms with Crippen LogP contribution in [0.25, 0.3) is 0 Å². The van der Waals surface area contributed by atoms with Crippen LogP contribution in [-0.4, -0.2) is 24.5 Å². The quantitative estimate of drug-likeness (QED) is 0.763. The van der Waals surface area contributed by atoms with Crippen LogP contribution >= 0.6 is 0 Å². The van der Waals surface area contributed by atoms with Gasteiger partial charge in [-0.05, 0) is 45.1 Å². The Labute approximate surface area is 114 Å². The van der Waals surface area contributed by atoms with E-state index in [4.69, 9.17) is 9.31 Å². The molecule has 1 aliphatic heterocycles. The maximum absolute atomic E-state index is 13.4. The van der Waals surface area contributed by atoms with Crippen LogP contribution in [0.2, 0.25) is 0 Å². The third-order valence-electron chi connectivity index (χ3n) is 4.62. The molecule has 2 atom stereocenters. The summed E-state index contributed by atoms with van der Waals surface area (Å²) < 4.78 is 25.5. The van der Waals surface area contributed by atoms with Crippen molar-refractivity contribution in [2.75, 3.05) is 0 Å². The first-order valence-corrected chi connectivity index (χ1v) is 6.90. The van der Waals surface area contributed by atoms with E-state index in [1.54, 1.807) is 0 Å². The molecule has 0 N–H and O–H groups in total. The lowest BCUT2D eigenvalue weighted by Crippen LogP contribution is -2.41. The summed E-state index contributed by atoms with van der Waals surface area (Å²) in [5.41, 5.74) is 1.30. The molecule has 19 heavy (non-hydrogen) atoms. The lowest BCUT2D eigenvalue weighted by atomic mass is 9.75. The Bertz CT molecular complexity index is 485. The second kappa shape index (κ2) is 4.06. The highest BCUT2D eigenvalue weighted by Crippen LogP contribution is 2.44. The average molecular weight is 262 g/mol. The fourth-order valence-corrected chi connectivity index (χ4v) is 2.52. The van der Waals surface area contributed by atoms with Gasteiger partial charge in [0.2, 0.25) is 0 Å². The fraction of sp³-hybridized carbons (Fsp3) is 0.600. The van der Waals surface area contributed by atoms with Crippen molar-refractivity contribution in [3.63, 3.8) is 0 Å². The maximum Gasteiger partial charge on any atom is 0.495 e. The Morgan fingerprint density at radius 2 is 1.63 bits per heavy atom. The molecule has 2 fully saturated rings. The van der Waals surface area contributed by atoms with Gasteiger partial charge in [0.15, 0.2) is 0 Å². The average Bonchev–Trinajstić information content (AvgIpc) is 2.99. The fourth-order valence-electron chi connectivity index (χ4n) is 2.52. The van der Waals surface area contributed by atoms with E-state index in [0.717, 1.165) is 11.0 Å². The van der Waals surface area contributed by atoms with Crippen molar-refractivity contribution >= 4 is 12.6 Å². The molecule has 0 aromatic heterocycles. The van der Waals surface area contributed by atoms with Crippen molar-refractivity contribution in [3.8, 4) is 0 Å². The van der Waals surface area contributed by atoms with Crippen LogP contribution in [0.4, 0.5) is 4.39 Å². The minimum Gasteiger partial charge on any atom is -0.399 e. The lowest BCUT2D eigenvalue weighted by Gasteiger charge is -2.32. The van der Waals surface area contributed by atoms with E-state index < -0.39 is 13.3 Å². The van der Waals surface area contributed by atoms with Crippen molar-refractivity contribution in [2.24, 2.45) is 0 Å². The largest absolute Gasteiger partial charge is 0.495 e. The lowest BCUT2D eigenvalue weighted by molar-refractivity contribution is 0.00578. The van der Waals surface area contributed by atoms with Crippen molar-refractivity contribution < 1.29 is 13.7 Å². The Kier molecular flexibility index (Phi) is 2.81. The van der Waals surface area contributed by atoms with Crippen LogP contribution in [0.1, 0.15) is 45.6 Å². The third kappa shape index (κ3) is 2.11. The van der Waals surface area contributed by atoms with Crippen LogP contribution in [-0.2, 0) is 9.31 Å². The van der Waals surface area contributed by atoms with E-state index in [-0.39, 0.29) is 17.1 Å². The van der Waals surface area contributed by atoms with Gasteiger partial charge in [0, 0.05) is 5.92 Å². The van der Waals surface area contributed by atoms with E-state index in [1.165, 1.54) is 0 Å². The van der Waals surface area contributed by atoms with Crippen LogP contribution in [0, 0.1) is 0 Å². The monoisotopic (exact) mass is 262 g/mol. The first kappa shape index (κ1) is 13.1. The molecule has 1 aromatic carbocycles. The first-order chi connectivity index (χ1) is 8.82. The van der Waals surface area contributed by atoms with E-state index in [0.29, 0.717) is 6.42 Å². The highest BCUT2D eigenvalue weighted by molar-refractivity contribution is 6.62. The van der Waals surface area contributed by atoms with Crippen molar-refractivity contribution in [2.45, 2.75) is 57.4 Å². The van der Waals surface area contributed by atoms with Crippen LogP contribution < -0.4 is 5.46 Å². The summed E-state index contributed by atoms with van der Waals surface area (Å²) >= 11 is 0. The molecule has 1 saturated carbocycles. The Morgan fingerprint density at radius 3 is 2.16 bits per heavy atom. The van der Waals surface area contributed by atoms with Gasteiger partial charge < -0.3 is 9.31 Å². The first-order valence-electron chi connectivity index (χ1n) is 6.90. The molecule has 102 valence electrons. The van der Waals surface area contributed by atoms with Crippen LogP contribution in [0.5, 0.6) is 0 Å². The van der Waals surface area contributed by atoms with Gasteiger partial charge >= 0.3 is 7.12 Å². The molecule has 1 aromatic rings. The van der Waals surface area contributed by atoms with Crippen LogP contribution in [0.3, 0.4) is 0 Å². The standard InChI is InChI=1S/C15H20BFO2/c1-14(2)15(3,4)19-16(18-14)12-8-6-5-7-10(12)11-9-13(11)17/h5-8,11,13H,9H2,1-4H3/t11?,13-/m1/s1. The molecule has 1 aliphatic carbocycles. The van der Waals surface area contributed by atoms with Crippen molar-refractivity contribution in [3.05, 3.63) is 29.8 Å². The molecule has 0 amide bonds. The van der Waals surface area contributed by atoms with Crippen molar-refractivity contribution in [1.29, 1.82) is 0 Å². The normalized spacial score (nSPS) is 31.5. The SMILES string of the molecule is CC1(C)OB(c2ccccc2C2C[C@H]2F)OC1(C)C. The number of hydrogen-bond donors (Lipinski definition) is 0. The van der Waals surface area contributed by atoms with Gasteiger partial charge in [-0.25, -0.2) is 4.39 Å². The highest BCUT2D eigenvalue weighted by Gasteiger charge is 2.53. The van der Waals surface area contributed by atoms with E-state index >= 15 is 0 Å². The zero-order valence-electron chi connectivity index (χ0n) is 11.9. The summed E-state index contributed by atoms with van der Waals surface area (Å²) in [6.07, 6.45) is -0.0835. The Morgan fingerprint density at radius 1 is 1.11 bits per heavy atom. The molecule has 2 aliphatic rings. The van der Waals surface area contributed by atoms with Crippen molar-refractivity contribution in [1.82, 2.24) is 0 Å². The molecule has 4 heteroatoms. The summed E-state index contributed by atoms with van der Waals surface area (Å²) in [6.45, 7) is 8.13. The summed E-state index contributed by atoms with van der Waals surface area (Å²) in [6, 6.07) is 7.89. The molecule has 3 rings (SSSR count). The van der Waals surface area contributed by atoms with Gasteiger partial charge in [-0.15, -0.1) is 0 Å². The topological polar surface area (TPSA) is 18.5 Å². The molecule has 0 bridgehead atoms. The molecular weight excluding hydrogens is 242 g/mol. The zero-order valence-corrected chi connectivity index (χ0v) is 11.9. The van der Waals surface area contributed by atoms with Gasteiger partial charge in [0.05, 0.1) is 11.2 Å².